The number of hydrogen-bond acceptors (Lipinski definition) is 4. The molecule has 0 unspecified atom stereocenters. The van der Waals surface area contributed by atoms with Gasteiger partial charge in [-0.25, -0.2) is 0 Å². The molecule has 1 heterocycles. The van der Waals surface area contributed by atoms with E-state index in [1.165, 1.54) is 0 Å². The molecule has 12 heavy (non-hydrogen) atoms. The molecule has 1 aliphatic rings. The van der Waals surface area contributed by atoms with E-state index in [9.17, 15) is 0 Å². The molecular weight excluding hydrogens is 205 g/mol. The average Bonchev–Trinajstić information content (AvgIpc) is 1.86. The normalized spacial score (nSPS) is 21.3. The second-order valence-electron chi connectivity index (χ2n) is 2.74. The molecule has 64 valence electrons. The zero-order valence-electron chi connectivity index (χ0n) is 6.99. The van der Waals surface area contributed by atoms with E-state index in [0.29, 0.717) is 30.3 Å². The van der Waals surface area contributed by atoms with E-state index in [-0.39, 0.29) is 29.6 Å². The second-order valence-corrected chi connectivity index (χ2v) is 3.77. The molecule has 0 aromatic heterocycles. The fraction of sp³-hybridized carbons (Fsp3) is 0.833. The van der Waals surface area contributed by atoms with Crippen LogP contribution in [0.15, 0.2) is 0 Å². The fourth-order valence-electron chi connectivity index (χ4n) is 1.05. The summed E-state index contributed by atoms with van der Waals surface area (Å²) >= 11 is 9.54. The first-order chi connectivity index (χ1) is 5.01. The first kappa shape index (κ1) is 13.0. The van der Waals surface area contributed by atoms with Crippen molar-refractivity contribution in [1.29, 1.82) is 0 Å². The third-order valence-corrected chi connectivity index (χ3v) is 2.34. The Kier molecular flexibility index (Phi) is 5.48. The smallest absolute Gasteiger partial charge is 0.411 e. The van der Waals surface area contributed by atoms with Gasteiger partial charge in [-0.3, -0.25) is 0 Å². The van der Waals surface area contributed by atoms with Crippen LogP contribution in [0.3, 0.4) is 0 Å². The minimum atomic E-state index is -1.50. The molecule has 0 spiro atoms. The van der Waals surface area contributed by atoms with Crippen LogP contribution in [0.1, 0.15) is 12.8 Å². The zero-order valence-corrected chi connectivity index (χ0v) is 10.6. The molecule has 0 bridgehead atoms. The van der Waals surface area contributed by atoms with Crippen molar-refractivity contribution in [3.05, 3.63) is 0 Å². The molecule has 1 saturated heterocycles. The van der Waals surface area contributed by atoms with Gasteiger partial charge in [-0.2, -0.15) is 0 Å². The van der Waals surface area contributed by atoms with Gasteiger partial charge >= 0.3 is 29.6 Å². The molecule has 0 radical (unpaired) electrons. The zero-order chi connectivity index (χ0) is 8.48. The van der Waals surface area contributed by atoms with E-state index < -0.39 is 5.79 Å². The molecule has 1 fully saturated rings. The van der Waals surface area contributed by atoms with Crippen LogP contribution in [0.4, 0.5) is 0 Å². The van der Waals surface area contributed by atoms with Crippen molar-refractivity contribution in [2.24, 2.45) is 0 Å². The summed E-state index contributed by atoms with van der Waals surface area (Å²) in [6, 6.07) is 0. The van der Waals surface area contributed by atoms with Gasteiger partial charge in [0.15, 0.2) is 5.79 Å². The standard InChI is InChI=1S/C6H11NO2S2.Na/c8-6(9)1-3-7(4-2-6)5(10)11;/h8-9H,1-4H2,(H,10,11);/q;+1/p-1. The van der Waals surface area contributed by atoms with E-state index in [1.807, 2.05) is 0 Å². The first-order valence-electron chi connectivity index (χ1n) is 3.42. The van der Waals surface area contributed by atoms with E-state index in [2.05, 4.69) is 0 Å². The second kappa shape index (κ2) is 5.05. The predicted molar refractivity (Wildman–Crippen MR) is 47.9 cm³/mol. The monoisotopic (exact) mass is 215 g/mol. The Bertz CT molecular complexity index is 167. The Morgan fingerprint density at radius 2 is 1.75 bits per heavy atom. The molecule has 3 nitrogen and oxygen atoms in total. The molecular formula is C6H10NNaO2S2. The molecule has 1 aliphatic heterocycles. The maximum atomic E-state index is 9.13. The van der Waals surface area contributed by atoms with Gasteiger partial charge in [0, 0.05) is 25.9 Å². The van der Waals surface area contributed by atoms with Gasteiger partial charge in [0.2, 0.25) is 0 Å². The molecule has 0 atom stereocenters. The van der Waals surface area contributed by atoms with Crippen molar-refractivity contribution in [3.63, 3.8) is 0 Å². The van der Waals surface area contributed by atoms with Gasteiger partial charge in [-0.05, 0) is 0 Å². The number of piperidine rings is 1. The average molecular weight is 215 g/mol. The number of aliphatic hydroxyl groups is 2. The minimum absolute atomic E-state index is 0. The molecule has 0 aromatic rings. The van der Waals surface area contributed by atoms with Crippen LogP contribution in [0.2, 0.25) is 0 Å². The Morgan fingerprint density at radius 1 is 1.33 bits per heavy atom. The van der Waals surface area contributed by atoms with Crippen molar-refractivity contribution in [3.8, 4) is 0 Å². The van der Waals surface area contributed by atoms with Crippen LogP contribution in [0.25, 0.3) is 0 Å². The van der Waals surface area contributed by atoms with Gasteiger partial charge in [0.1, 0.15) is 0 Å². The van der Waals surface area contributed by atoms with Crippen molar-refractivity contribution >= 4 is 29.2 Å². The molecule has 1 rings (SSSR count). The molecule has 0 saturated carbocycles. The van der Waals surface area contributed by atoms with Gasteiger partial charge in [0.05, 0.1) is 0 Å². The van der Waals surface area contributed by atoms with Crippen LogP contribution >= 0.6 is 12.2 Å². The Hall–Kier alpha value is 1.03. The summed E-state index contributed by atoms with van der Waals surface area (Å²) < 4.78 is 0.417. The fourth-order valence-corrected chi connectivity index (χ4v) is 1.41. The third-order valence-electron chi connectivity index (χ3n) is 1.82. The molecule has 2 N–H and O–H groups in total. The Balaban J connectivity index is 0.00000121. The minimum Gasteiger partial charge on any atom is -0.411 e. The van der Waals surface area contributed by atoms with E-state index in [1.54, 1.807) is 4.90 Å². The van der Waals surface area contributed by atoms with E-state index in [4.69, 9.17) is 35.1 Å². The van der Waals surface area contributed by atoms with Crippen LogP contribution < -0.4 is 29.6 Å². The van der Waals surface area contributed by atoms with Crippen molar-refractivity contribution in [2.75, 3.05) is 13.1 Å². The number of hydrogen-bond donors (Lipinski definition) is 2. The summed E-state index contributed by atoms with van der Waals surface area (Å²) in [7, 11) is 0. The summed E-state index contributed by atoms with van der Waals surface area (Å²) in [5, 5.41) is 18.3. The van der Waals surface area contributed by atoms with Gasteiger partial charge < -0.3 is 40.0 Å². The van der Waals surface area contributed by atoms with Crippen molar-refractivity contribution in [2.45, 2.75) is 18.6 Å². The molecule has 6 heteroatoms. The topological polar surface area (TPSA) is 43.7 Å². The van der Waals surface area contributed by atoms with Gasteiger partial charge in [0.25, 0.3) is 0 Å². The SMILES string of the molecule is OC1(O)CCN(C(=S)[S-])CC1.[Na+]. The maximum absolute atomic E-state index is 9.13. The first-order valence-corrected chi connectivity index (χ1v) is 4.24. The summed E-state index contributed by atoms with van der Waals surface area (Å²) in [6.07, 6.45) is 0.646. The van der Waals surface area contributed by atoms with Gasteiger partial charge in [-0.1, -0.05) is 4.32 Å². The van der Waals surface area contributed by atoms with Crippen LogP contribution in [-0.4, -0.2) is 38.3 Å². The molecule has 0 aromatic carbocycles. The van der Waals surface area contributed by atoms with Crippen LogP contribution in [0, 0.1) is 0 Å². The Morgan fingerprint density at radius 3 is 2.08 bits per heavy atom. The summed E-state index contributed by atoms with van der Waals surface area (Å²) in [4.78, 5) is 1.80. The van der Waals surface area contributed by atoms with Crippen molar-refractivity contribution < 1.29 is 39.8 Å². The molecule has 0 amide bonds. The third kappa shape index (κ3) is 3.83. The number of thiocarbonyl (C=S) groups is 1. The van der Waals surface area contributed by atoms with E-state index >= 15 is 0 Å². The Labute approximate surface area is 105 Å². The quantitative estimate of drug-likeness (QED) is 0.191. The number of likely N-dealkylation sites (tertiary alicyclic amines) is 1. The largest absolute Gasteiger partial charge is 1.00 e. The number of nitrogens with zero attached hydrogens (tertiary/aromatic N) is 1. The summed E-state index contributed by atoms with van der Waals surface area (Å²) in [6.45, 7) is 1.10. The number of rotatable bonds is 0. The van der Waals surface area contributed by atoms with Crippen LogP contribution in [-0.2, 0) is 12.6 Å². The molecule has 0 aliphatic carbocycles. The predicted octanol–water partition coefficient (Wildman–Crippen LogP) is -3.40. The van der Waals surface area contributed by atoms with Crippen LogP contribution in [0.5, 0.6) is 0 Å². The summed E-state index contributed by atoms with van der Waals surface area (Å²) in [5.74, 6) is -1.50. The van der Waals surface area contributed by atoms with Gasteiger partial charge in [-0.15, -0.1) is 0 Å². The maximum Gasteiger partial charge on any atom is 1.00 e. The summed E-state index contributed by atoms with van der Waals surface area (Å²) in [5.41, 5.74) is 0. The van der Waals surface area contributed by atoms with Crippen molar-refractivity contribution in [1.82, 2.24) is 4.90 Å². The van der Waals surface area contributed by atoms with E-state index in [0.717, 1.165) is 0 Å².